The van der Waals surface area contributed by atoms with Crippen molar-refractivity contribution in [3.05, 3.63) is 70.8 Å². The van der Waals surface area contributed by atoms with E-state index in [1.165, 1.54) is 4.80 Å². The van der Waals surface area contributed by atoms with E-state index in [2.05, 4.69) is 10.2 Å². The molecule has 1 aliphatic heterocycles. The molecule has 2 atom stereocenters. The normalized spacial score (nSPS) is 20.6. The first-order valence-corrected chi connectivity index (χ1v) is 11.1. The Labute approximate surface area is 196 Å². The van der Waals surface area contributed by atoms with Crippen LogP contribution in [-0.2, 0) is 17.3 Å². The van der Waals surface area contributed by atoms with Crippen LogP contribution in [0.2, 0.25) is 5.02 Å². The third-order valence-electron chi connectivity index (χ3n) is 6.53. The number of hydrogen-bond acceptors (Lipinski definition) is 5. The lowest BCUT2D eigenvalue weighted by Gasteiger charge is -2.34. The Kier molecular flexibility index (Phi) is 5.22. The Balaban J connectivity index is 1.64. The Morgan fingerprint density at radius 1 is 1.18 bits per heavy atom. The fourth-order valence-corrected chi connectivity index (χ4v) is 5.00. The summed E-state index contributed by atoms with van der Waals surface area (Å²) in [5.41, 5.74) is 3.23. The van der Waals surface area contributed by atoms with Crippen molar-refractivity contribution in [2.24, 2.45) is 7.05 Å². The smallest absolute Gasteiger partial charge is 0.257 e. The fraction of sp³-hybridized carbons (Fsp3) is 0.333. The number of methoxy groups -OCH3 is 1. The number of carbonyl (C=O) groups excluding carboxylic acids is 1. The molecule has 5 rings (SSSR count). The molecule has 9 heteroatoms. The van der Waals surface area contributed by atoms with Gasteiger partial charge in [0.2, 0.25) is 0 Å². The minimum absolute atomic E-state index is 0.113. The Hall–Kier alpha value is -3.23. The Bertz CT molecular complexity index is 1350. The van der Waals surface area contributed by atoms with E-state index in [1.807, 2.05) is 66.8 Å². The summed E-state index contributed by atoms with van der Waals surface area (Å²) in [5, 5.41) is 9.11. The highest BCUT2D eigenvalue weighted by atomic mass is 35.5. The van der Waals surface area contributed by atoms with E-state index in [0.29, 0.717) is 29.2 Å². The summed E-state index contributed by atoms with van der Waals surface area (Å²) in [7, 11) is 3.65. The van der Waals surface area contributed by atoms with Crippen molar-refractivity contribution in [1.29, 1.82) is 0 Å². The number of nitrogens with zero attached hydrogens (tertiary/aromatic N) is 6. The Morgan fingerprint density at radius 2 is 1.94 bits per heavy atom. The number of carbonyl (C=O) groups is 1. The van der Waals surface area contributed by atoms with Crippen LogP contribution in [0.4, 0.5) is 0 Å². The van der Waals surface area contributed by atoms with Crippen molar-refractivity contribution in [1.82, 2.24) is 29.4 Å². The topological polar surface area (TPSA) is 78.1 Å². The lowest BCUT2D eigenvalue weighted by atomic mass is 9.95. The molecule has 33 heavy (non-hydrogen) atoms. The number of ether oxygens (including phenoxy) is 1. The quantitative estimate of drug-likeness (QED) is 0.458. The zero-order valence-corrected chi connectivity index (χ0v) is 19.7. The minimum atomic E-state index is -0.684. The van der Waals surface area contributed by atoms with E-state index in [4.69, 9.17) is 21.3 Å². The van der Waals surface area contributed by atoms with Crippen molar-refractivity contribution in [3.8, 4) is 5.69 Å². The van der Waals surface area contributed by atoms with Gasteiger partial charge in [0, 0.05) is 32.1 Å². The largest absolute Gasteiger partial charge is 0.380 e. The first-order chi connectivity index (χ1) is 15.8. The number of rotatable bonds is 4. The maximum Gasteiger partial charge on any atom is 0.257 e. The van der Waals surface area contributed by atoms with Gasteiger partial charge in [0.15, 0.2) is 0 Å². The van der Waals surface area contributed by atoms with E-state index in [0.717, 1.165) is 22.4 Å². The highest BCUT2D eigenvalue weighted by Crippen LogP contribution is 2.41. The second kappa shape index (κ2) is 7.97. The molecule has 2 aromatic heterocycles. The van der Waals surface area contributed by atoms with Crippen LogP contribution in [0.3, 0.4) is 0 Å². The molecule has 1 amide bonds. The summed E-state index contributed by atoms with van der Waals surface area (Å²) < 4.78 is 7.76. The number of likely N-dealkylation sites (tertiary alicyclic amines) is 1. The lowest BCUT2D eigenvalue weighted by molar-refractivity contribution is 0.0585. The number of hydrogen-bond donors (Lipinski definition) is 0. The summed E-state index contributed by atoms with van der Waals surface area (Å²) in [6.45, 7) is 4.47. The number of fused-ring (bicyclic) bond motifs is 1. The van der Waals surface area contributed by atoms with Crippen LogP contribution in [0.1, 0.15) is 35.1 Å². The molecule has 0 radical (unpaired) electrons. The van der Waals surface area contributed by atoms with Crippen LogP contribution in [0.15, 0.2) is 48.8 Å². The minimum Gasteiger partial charge on any atom is -0.380 e. The van der Waals surface area contributed by atoms with Crippen LogP contribution in [-0.4, -0.2) is 55.1 Å². The van der Waals surface area contributed by atoms with Gasteiger partial charge >= 0.3 is 0 Å². The van der Waals surface area contributed by atoms with Crippen LogP contribution >= 0.6 is 11.6 Å². The molecule has 1 unspecified atom stereocenters. The third kappa shape index (κ3) is 3.50. The van der Waals surface area contributed by atoms with E-state index >= 15 is 0 Å². The maximum absolute atomic E-state index is 14.1. The molecule has 0 spiro atoms. The monoisotopic (exact) mass is 464 g/mol. The lowest BCUT2D eigenvalue weighted by Crippen LogP contribution is -2.45. The van der Waals surface area contributed by atoms with Gasteiger partial charge in [0.1, 0.15) is 11.4 Å². The number of aromatic nitrogens is 5. The SMILES string of the molecule is CO[C@H]1CN(C(=O)c2cc(C)ccc2-n2nccn2)C(C)(c2nc3cc(Cl)ccc3n2C)C1. The van der Waals surface area contributed by atoms with Crippen molar-refractivity contribution in [2.75, 3.05) is 13.7 Å². The number of aryl methyl sites for hydroxylation is 2. The summed E-state index contributed by atoms with van der Waals surface area (Å²) in [5.74, 6) is 0.678. The average Bonchev–Trinajstić information content (AvgIpc) is 3.52. The molecular formula is C24H25ClN6O2. The van der Waals surface area contributed by atoms with Crippen LogP contribution in [0.25, 0.3) is 16.7 Å². The molecule has 3 heterocycles. The second-order valence-electron chi connectivity index (χ2n) is 8.72. The van der Waals surface area contributed by atoms with Gasteiger partial charge in [0.25, 0.3) is 5.91 Å². The third-order valence-corrected chi connectivity index (χ3v) is 6.76. The van der Waals surface area contributed by atoms with Crippen molar-refractivity contribution >= 4 is 28.5 Å². The zero-order valence-electron chi connectivity index (χ0n) is 19.0. The van der Waals surface area contributed by atoms with Crippen LogP contribution < -0.4 is 0 Å². The Morgan fingerprint density at radius 3 is 2.67 bits per heavy atom. The molecule has 0 bridgehead atoms. The van der Waals surface area contributed by atoms with Gasteiger partial charge < -0.3 is 14.2 Å². The van der Waals surface area contributed by atoms with E-state index in [9.17, 15) is 4.79 Å². The van der Waals surface area contributed by atoms with E-state index in [1.54, 1.807) is 19.5 Å². The molecule has 0 aliphatic carbocycles. The molecule has 0 saturated carbocycles. The van der Waals surface area contributed by atoms with Crippen LogP contribution in [0.5, 0.6) is 0 Å². The van der Waals surface area contributed by atoms with Gasteiger partial charge in [-0.15, -0.1) is 0 Å². The molecule has 8 nitrogen and oxygen atoms in total. The molecule has 1 aliphatic rings. The predicted molar refractivity (Wildman–Crippen MR) is 126 cm³/mol. The van der Waals surface area contributed by atoms with Gasteiger partial charge in [-0.05, 0) is 44.2 Å². The van der Waals surface area contributed by atoms with Gasteiger partial charge in [-0.3, -0.25) is 4.79 Å². The molecule has 2 aromatic carbocycles. The van der Waals surface area contributed by atoms with E-state index < -0.39 is 5.54 Å². The van der Waals surface area contributed by atoms with Gasteiger partial charge in [-0.1, -0.05) is 23.2 Å². The van der Waals surface area contributed by atoms with Gasteiger partial charge in [-0.2, -0.15) is 15.0 Å². The van der Waals surface area contributed by atoms with Gasteiger partial charge in [-0.25, -0.2) is 4.98 Å². The number of benzene rings is 2. The number of halogens is 1. The maximum atomic E-state index is 14.1. The molecular weight excluding hydrogens is 440 g/mol. The molecule has 1 fully saturated rings. The fourth-order valence-electron chi connectivity index (χ4n) is 4.84. The summed E-state index contributed by atoms with van der Waals surface area (Å²) >= 11 is 6.21. The first-order valence-electron chi connectivity index (χ1n) is 10.8. The molecule has 4 aromatic rings. The highest BCUT2D eigenvalue weighted by Gasteiger charge is 2.49. The average molecular weight is 465 g/mol. The predicted octanol–water partition coefficient (Wildman–Crippen LogP) is 3.89. The number of imidazole rings is 1. The summed E-state index contributed by atoms with van der Waals surface area (Å²) in [6.07, 6.45) is 3.71. The first kappa shape index (κ1) is 21.6. The number of amides is 1. The molecule has 0 N–H and O–H groups in total. The van der Waals surface area contributed by atoms with E-state index in [-0.39, 0.29) is 12.0 Å². The molecule has 170 valence electrons. The standard InChI is InChI=1S/C24H25ClN6O2/c1-15-5-7-20(31-26-9-10-27-31)18(11-15)22(32)30-14-17(33-4)13-24(30,2)23-28-19-12-16(25)6-8-21(19)29(23)3/h5-12,17H,13-14H2,1-4H3/t17-,24?/m1/s1. The van der Waals surface area contributed by atoms with Crippen LogP contribution in [0, 0.1) is 6.92 Å². The van der Waals surface area contributed by atoms with Gasteiger partial charge in [0.05, 0.1) is 40.8 Å². The second-order valence-corrected chi connectivity index (χ2v) is 9.15. The van der Waals surface area contributed by atoms with Crippen molar-refractivity contribution < 1.29 is 9.53 Å². The summed E-state index contributed by atoms with van der Waals surface area (Å²) in [4.78, 5) is 22.3. The highest BCUT2D eigenvalue weighted by molar-refractivity contribution is 6.31. The summed E-state index contributed by atoms with van der Waals surface area (Å²) in [6, 6.07) is 11.4. The molecule has 1 saturated heterocycles. The van der Waals surface area contributed by atoms with Crippen molar-refractivity contribution in [2.45, 2.75) is 31.9 Å². The zero-order chi connectivity index (χ0) is 23.3. The van der Waals surface area contributed by atoms with Crippen molar-refractivity contribution in [3.63, 3.8) is 0 Å².